The smallest absolute Gasteiger partial charge is 0.302 e. The molecule has 0 aromatic rings. The predicted molar refractivity (Wildman–Crippen MR) is 116 cm³/mol. The van der Waals surface area contributed by atoms with Crippen molar-refractivity contribution < 1.29 is 14.3 Å². The van der Waals surface area contributed by atoms with Crippen molar-refractivity contribution in [3.8, 4) is 0 Å². The highest BCUT2D eigenvalue weighted by molar-refractivity contribution is 6.33. The molecule has 0 radical (unpaired) electrons. The Morgan fingerprint density at radius 3 is 2.34 bits per heavy atom. The lowest BCUT2D eigenvalue weighted by molar-refractivity contribution is -0.157. The summed E-state index contributed by atoms with van der Waals surface area (Å²) in [6.07, 6.45) is 6.62. The second kappa shape index (κ2) is 7.12. The van der Waals surface area contributed by atoms with Gasteiger partial charge in [-0.1, -0.05) is 20.8 Å². The maximum Gasteiger partial charge on any atom is 0.302 e. The molecule has 4 saturated carbocycles. The van der Waals surface area contributed by atoms with Crippen LogP contribution in [-0.4, -0.2) is 28.1 Å². The number of hydrogen-bond acceptors (Lipinski definition) is 3. The van der Waals surface area contributed by atoms with Gasteiger partial charge in [0.25, 0.3) is 0 Å². The Balaban J connectivity index is 1.65. The first-order chi connectivity index (χ1) is 13.4. The summed E-state index contributed by atoms with van der Waals surface area (Å²) in [4.78, 5) is 23.5. The Hall–Kier alpha value is -0.280. The van der Waals surface area contributed by atoms with Crippen LogP contribution in [0, 0.1) is 40.4 Å². The normalized spacial score (nSPS) is 54.1. The van der Waals surface area contributed by atoms with Gasteiger partial charge in [-0.15, -0.1) is 23.2 Å². The highest BCUT2D eigenvalue weighted by atomic mass is 35.5. The standard InChI is InChI=1S/C24H36Cl2O3/c1-13-10-19-17-11-20(25)24(26)12-16(29-15(3)28)6-9-23(24,5)18(17)7-8-22(19,4)21(13)14(2)27/h13,16-21H,6-12H2,1-5H3/t13-,16+,17-,18+,19+,20?,21-,22+,23-,24?/m1/s1. The van der Waals surface area contributed by atoms with Crippen molar-refractivity contribution in [2.24, 2.45) is 40.4 Å². The third-order valence-corrected chi connectivity index (χ3v) is 11.3. The zero-order chi connectivity index (χ0) is 21.4. The molecule has 4 aliphatic rings. The Morgan fingerprint density at radius 2 is 1.72 bits per heavy atom. The van der Waals surface area contributed by atoms with E-state index in [9.17, 15) is 9.59 Å². The second-order valence-electron chi connectivity index (χ2n) is 11.2. The highest BCUT2D eigenvalue weighted by Gasteiger charge is 2.68. The minimum absolute atomic E-state index is 0.0561. The first-order valence-electron chi connectivity index (χ1n) is 11.4. The van der Waals surface area contributed by atoms with Crippen LogP contribution in [0.3, 0.4) is 0 Å². The summed E-state index contributed by atoms with van der Waals surface area (Å²) in [5.41, 5.74) is 0.0417. The van der Waals surface area contributed by atoms with E-state index in [0.717, 1.165) is 38.5 Å². The van der Waals surface area contributed by atoms with E-state index in [1.165, 1.54) is 6.92 Å². The number of alkyl halides is 2. The van der Waals surface area contributed by atoms with Crippen LogP contribution in [0.2, 0.25) is 0 Å². The van der Waals surface area contributed by atoms with Crippen LogP contribution in [-0.2, 0) is 14.3 Å². The van der Waals surface area contributed by atoms with Crippen molar-refractivity contribution >= 4 is 35.0 Å². The lowest BCUT2D eigenvalue weighted by Crippen LogP contribution is -2.65. The van der Waals surface area contributed by atoms with E-state index in [-0.39, 0.29) is 34.2 Å². The van der Waals surface area contributed by atoms with Crippen LogP contribution in [0.15, 0.2) is 0 Å². The van der Waals surface area contributed by atoms with E-state index in [0.29, 0.717) is 35.9 Å². The first-order valence-corrected chi connectivity index (χ1v) is 12.3. The summed E-state index contributed by atoms with van der Waals surface area (Å²) < 4.78 is 5.56. The summed E-state index contributed by atoms with van der Waals surface area (Å²) in [6.45, 7) is 10.2. The van der Waals surface area contributed by atoms with E-state index < -0.39 is 4.87 Å². The van der Waals surface area contributed by atoms with E-state index in [1.54, 1.807) is 6.92 Å². The Morgan fingerprint density at radius 1 is 1.03 bits per heavy atom. The minimum atomic E-state index is -0.536. The van der Waals surface area contributed by atoms with Gasteiger partial charge in [-0.25, -0.2) is 0 Å². The third kappa shape index (κ3) is 3.04. The zero-order valence-electron chi connectivity index (χ0n) is 18.5. The molecule has 0 aliphatic heterocycles. The van der Waals surface area contributed by atoms with Gasteiger partial charge >= 0.3 is 5.97 Å². The zero-order valence-corrected chi connectivity index (χ0v) is 20.0. The maximum absolute atomic E-state index is 12.5. The predicted octanol–water partition coefficient (Wildman–Crippen LogP) is 5.99. The van der Waals surface area contributed by atoms with E-state index in [4.69, 9.17) is 27.9 Å². The van der Waals surface area contributed by atoms with Crippen LogP contribution < -0.4 is 0 Å². The summed E-state index contributed by atoms with van der Waals surface area (Å²) in [7, 11) is 0. The van der Waals surface area contributed by atoms with Gasteiger partial charge in [0.2, 0.25) is 0 Å². The molecule has 0 amide bonds. The van der Waals surface area contributed by atoms with E-state index >= 15 is 0 Å². The summed E-state index contributed by atoms with van der Waals surface area (Å²) in [5, 5.41) is -0.136. The van der Waals surface area contributed by atoms with Crippen molar-refractivity contribution in [2.45, 2.75) is 95.9 Å². The molecule has 0 N–H and O–H groups in total. The fourth-order valence-electron chi connectivity index (χ4n) is 8.71. The number of halogens is 2. The van der Waals surface area contributed by atoms with E-state index in [1.807, 2.05) is 0 Å². The fraction of sp³-hybridized carbons (Fsp3) is 0.917. The molecular formula is C24H36Cl2O3. The van der Waals surface area contributed by atoms with Gasteiger partial charge in [0.15, 0.2) is 0 Å². The molecular weight excluding hydrogens is 407 g/mol. The van der Waals surface area contributed by atoms with Gasteiger partial charge in [-0.2, -0.15) is 0 Å². The number of carbonyl (C=O) groups is 2. The van der Waals surface area contributed by atoms with Gasteiger partial charge in [0, 0.05) is 19.3 Å². The number of fused-ring (bicyclic) bond motifs is 5. The molecule has 0 spiro atoms. The van der Waals surface area contributed by atoms with Crippen molar-refractivity contribution in [1.29, 1.82) is 0 Å². The molecule has 0 saturated heterocycles. The molecule has 3 nitrogen and oxygen atoms in total. The van der Waals surface area contributed by atoms with Gasteiger partial charge in [-0.05, 0) is 80.0 Å². The molecule has 0 aromatic heterocycles. The maximum atomic E-state index is 12.5. The van der Waals surface area contributed by atoms with E-state index in [2.05, 4.69) is 20.8 Å². The quantitative estimate of drug-likeness (QED) is 0.389. The molecule has 4 aliphatic carbocycles. The van der Waals surface area contributed by atoms with Crippen LogP contribution in [0.4, 0.5) is 0 Å². The number of rotatable bonds is 2. The van der Waals surface area contributed by atoms with Crippen molar-refractivity contribution in [1.82, 2.24) is 0 Å². The molecule has 29 heavy (non-hydrogen) atoms. The number of hydrogen-bond donors (Lipinski definition) is 0. The molecule has 10 atom stereocenters. The van der Waals surface area contributed by atoms with Crippen molar-refractivity contribution in [2.75, 3.05) is 0 Å². The van der Waals surface area contributed by atoms with Gasteiger partial charge in [-0.3, -0.25) is 9.59 Å². The topological polar surface area (TPSA) is 43.4 Å². The average Bonchev–Trinajstić information content (AvgIpc) is 2.87. The summed E-state index contributed by atoms with van der Waals surface area (Å²) >= 11 is 14.4. The molecule has 2 unspecified atom stereocenters. The number of ether oxygens (including phenoxy) is 1. The third-order valence-electron chi connectivity index (χ3n) is 9.80. The average molecular weight is 443 g/mol. The number of ketones is 1. The monoisotopic (exact) mass is 442 g/mol. The van der Waals surface area contributed by atoms with Gasteiger partial charge in [0.1, 0.15) is 11.9 Å². The molecule has 5 heteroatoms. The molecule has 0 aromatic carbocycles. The van der Waals surface area contributed by atoms with Crippen molar-refractivity contribution in [3.05, 3.63) is 0 Å². The molecule has 4 rings (SSSR count). The highest BCUT2D eigenvalue weighted by Crippen LogP contribution is 2.71. The molecule has 0 heterocycles. The van der Waals surface area contributed by atoms with Crippen molar-refractivity contribution in [3.63, 3.8) is 0 Å². The fourth-order valence-corrected chi connectivity index (χ4v) is 9.75. The minimum Gasteiger partial charge on any atom is -0.462 e. The number of carbonyl (C=O) groups excluding carboxylic acids is 2. The van der Waals surface area contributed by atoms with Crippen LogP contribution in [0.1, 0.15) is 79.6 Å². The SMILES string of the molecule is CC(=O)O[C@H]1CC[C@]2(C)[C@H]3CC[C@@]4(C)[C@@H](C[C@@H](C)[C@@H]4C(C)=O)[C@@H]3CC(Cl)C2(Cl)C1. The van der Waals surface area contributed by atoms with Gasteiger partial charge < -0.3 is 4.74 Å². The van der Waals surface area contributed by atoms with Crippen LogP contribution >= 0.6 is 23.2 Å². The Kier molecular flexibility index (Phi) is 5.39. The Labute approximate surface area is 185 Å². The largest absolute Gasteiger partial charge is 0.462 e. The van der Waals surface area contributed by atoms with Gasteiger partial charge in [0.05, 0.1) is 10.3 Å². The first kappa shape index (κ1) is 21.9. The summed E-state index contributed by atoms with van der Waals surface area (Å²) in [5.74, 6) is 2.37. The van der Waals surface area contributed by atoms with Crippen LogP contribution in [0.5, 0.6) is 0 Å². The second-order valence-corrected chi connectivity index (χ2v) is 12.4. The summed E-state index contributed by atoms with van der Waals surface area (Å²) in [6, 6.07) is 0. The molecule has 164 valence electrons. The lowest BCUT2D eigenvalue weighted by Gasteiger charge is -2.65. The lowest BCUT2D eigenvalue weighted by atomic mass is 9.44. The number of esters is 1. The Bertz CT molecular complexity index is 710. The molecule has 4 fully saturated rings. The molecule has 0 bridgehead atoms. The number of Topliss-reactive ketones (excluding diaryl/α,β-unsaturated/α-hetero) is 1. The van der Waals surface area contributed by atoms with Crippen LogP contribution in [0.25, 0.3) is 0 Å².